The van der Waals surface area contributed by atoms with Gasteiger partial charge < -0.3 is 21.1 Å². The van der Waals surface area contributed by atoms with Crippen LogP contribution in [0.4, 0.5) is 10.1 Å². The van der Waals surface area contributed by atoms with Crippen molar-refractivity contribution >= 4 is 40.7 Å². The molecule has 1 saturated carbocycles. The first kappa shape index (κ1) is 29.3. The summed E-state index contributed by atoms with van der Waals surface area (Å²) in [5, 5.41) is 19.8. The van der Waals surface area contributed by atoms with E-state index in [1.807, 2.05) is 12.1 Å². The monoisotopic (exact) mass is 589 g/mol. The van der Waals surface area contributed by atoms with Crippen LogP contribution in [0.25, 0.3) is 0 Å². The molecule has 5 rings (SSSR count). The molecule has 1 aliphatic carbocycles. The highest BCUT2D eigenvalue weighted by Crippen LogP contribution is 2.57. The Hall–Kier alpha value is -2.19. The van der Waals surface area contributed by atoms with Gasteiger partial charge in [0.05, 0.1) is 17.2 Å². The number of hydrogen-bond donors (Lipinski definition) is 4. The topological polar surface area (TPSA) is 90.5 Å². The minimum Gasteiger partial charge on any atom is -0.393 e. The highest BCUT2D eigenvalue weighted by molar-refractivity contribution is 6.31. The first-order chi connectivity index (χ1) is 18.9. The van der Waals surface area contributed by atoms with Crippen LogP contribution in [0.1, 0.15) is 76.3 Å². The number of aliphatic hydroxyl groups excluding tert-OH is 1. The van der Waals surface area contributed by atoms with Gasteiger partial charge in [0.2, 0.25) is 11.8 Å². The van der Waals surface area contributed by atoms with E-state index < -0.39 is 29.2 Å². The summed E-state index contributed by atoms with van der Waals surface area (Å²) in [6.45, 7) is 6.75. The van der Waals surface area contributed by atoms with E-state index in [1.54, 1.807) is 12.1 Å². The number of nitrogens with one attached hydrogen (secondary N) is 3. The van der Waals surface area contributed by atoms with E-state index in [9.17, 15) is 14.7 Å². The van der Waals surface area contributed by atoms with Crippen LogP contribution in [-0.2, 0) is 15.0 Å². The molecule has 0 unspecified atom stereocenters. The van der Waals surface area contributed by atoms with Gasteiger partial charge in [0.1, 0.15) is 11.2 Å². The molecule has 2 fully saturated rings. The van der Waals surface area contributed by atoms with Gasteiger partial charge in [-0.3, -0.25) is 9.59 Å². The van der Waals surface area contributed by atoms with Crippen LogP contribution in [0.5, 0.6) is 0 Å². The number of hydrogen-bond acceptors (Lipinski definition) is 4. The van der Waals surface area contributed by atoms with Crippen molar-refractivity contribution in [1.29, 1.82) is 0 Å². The molecule has 0 radical (unpaired) electrons. The van der Waals surface area contributed by atoms with E-state index in [4.69, 9.17) is 23.2 Å². The Morgan fingerprint density at radius 2 is 1.98 bits per heavy atom. The Labute approximate surface area is 245 Å². The lowest BCUT2D eigenvalue weighted by atomic mass is 9.62. The first-order valence-corrected chi connectivity index (χ1v) is 14.9. The molecule has 3 aliphatic rings. The van der Waals surface area contributed by atoms with Crippen LogP contribution in [-0.4, -0.2) is 41.7 Å². The van der Waals surface area contributed by atoms with Gasteiger partial charge in [-0.1, -0.05) is 56.1 Å². The van der Waals surface area contributed by atoms with Crippen molar-refractivity contribution in [2.45, 2.75) is 88.8 Å². The summed E-state index contributed by atoms with van der Waals surface area (Å²) in [6, 6.07) is 8.81. The largest absolute Gasteiger partial charge is 0.393 e. The standard InChI is InChI=1S/C31H38Cl2FN3O3/c1-30(2,3)16-25-31(21-14-23(34)22(33)15-24(21)36-29(31)40)26(18-7-4-8-19(32)13-18)27(37-25)28(39)35-11-5-6-17-9-10-20(38)12-17/h4,7-8,13-15,17,20,25-27,37-38H,5-6,9-12,16H2,1-3H3,(H,35,39)(H,36,40)/t17-,20-,25+,26-,27+,31-/m0/s1. The summed E-state index contributed by atoms with van der Waals surface area (Å²) >= 11 is 12.5. The Morgan fingerprint density at radius 3 is 2.65 bits per heavy atom. The predicted octanol–water partition coefficient (Wildman–Crippen LogP) is 5.94. The number of fused-ring (bicyclic) bond motifs is 2. The second kappa shape index (κ2) is 11.2. The summed E-state index contributed by atoms with van der Waals surface area (Å²) in [7, 11) is 0. The van der Waals surface area contributed by atoms with Gasteiger partial charge in [-0.15, -0.1) is 0 Å². The van der Waals surface area contributed by atoms with Gasteiger partial charge >= 0.3 is 0 Å². The summed E-state index contributed by atoms with van der Waals surface area (Å²) in [4.78, 5) is 28.0. The van der Waals surface area contributed by atoms with Crippen molar-refractivity contribution in [3.8, 4) is 0 Å². The number of carbonyl (C=O) groups excluding carboxylic acids is 2. The second-order valence-corrected chi connectivity index (χ2v) is 13.7. The molecule has 2 aliphatic heterocycles. The third kappa shape index (κ3) is 5.50. The highest BCUT2D eigenvalue weighted by atomic mass is 35.5. The highest BCUT2D eigenvalue weighted by Gasteiger charge is 2.65. The lowest BCUT2D eigenvalue weighted by Crippen LogP contribution is -2.49. The van der Waals surface area contributed by atoms with Gasteiger partial charge in [-0.25, -0.2) is 4.39 Å². The maximum absolute atomic E-state index is 15.0. The SMILES string of the molecule is CC(C)(C)C[C@H]1N[C@@H](C(=O)NCCC[C@H]2CC[C@H](O)C2)[C@H](c2cccc(Cl)c2)[C@@]12C(=O)Nc1cc(Cl)c(F)cc12. The van der Waals surface area contributed by atoms with Crippen LogP contribution < -0.4 is 16.0 Å². The van der Waals surface area contributed by atoms with E-state index >= 15 is 4.39 Å². The van der Waals surface area contributed by atoms with E-state index in [-0.39, 0.29) is 28.4 Å². The van der Waals surface area contributed by atoms with E-state index in [0.717, 1.165) is 37.7 Å². The predicted molar refractivity (Wildman–Crippen MR) is 156 cm³/mol. The van der Waals surface area contributed by atoms with Gasteiger partial charge in [0, 0.05) is 29.2 Å². The Kier molecular flexibility index (Phi) is 8.23. The molecule has 2 aromatic carbocycles. The van der Waals surface area contributed by atoms with Crippen molar-refractivity contribution < 1.29 is 19.1 Å². The van der Waals surface area contributed by atoms with Crippen LogP contribution in [0.15, 0.2) is 36.4 Å². The molecule has 6 atom stereocenters. The van der Waals surface area contributed by atoms with Crippen LogP contribution in [0.3, 0.4) is 0 Å². The normalized spacial score (nSPS) is 29.6. The van der Waals surface area contributed by atoms with Crippen molar-refractivity contribution in [2.75, 3.05) is 11.9 Å². The molecule has 216 valence electrons. The quantitative estimate of drug-likeness (QED) is 0.301. The summed E-state index contributed by atoms with van der Waals surface area (Å²) in [5.41, 5.74) is 0.232. The van der Waals surface area contributed by atoms with Crippen LogP contribution in [0, 0.1) is 17.2 Å². The fourth-order valence-electron chi connectivity index (χ4n) is 7.16. The first-order valence-electron chi connectivity index (χ1n) is 14.2. The number of halogens is 3. The molecule has 40 heavy (non-hydrogen) atoms. The fraction of sp³-hybridized carbons (Fsp3) is 0.548. The molecule has 0 bridgehead atoms. The third-order valence-electron chi connectivity index (χ3n) is 8.79. The van der Waals surface area contributed by atoms with Crippen molar-refractivity contribution in [3.05, 3.63) is 63.4 Å². The number of benzene rings is 2. The zero-order valence-electron chi connectivity index (χ0n) is 23.2. The van der Waals surface area contributed by atoms with E-state index in [1.165, 1.54) is 12.1 Å². The van der Waals surface area contributed by atoms with E-state index in [2.05, 4.69) is 36.7 Å². The maximum atomic E-state index is 15.0. The van der Waals surface area contributed by atoms with Gasteiger partial charge in [0.25, 0.3) is 0 Å². The molecule has 0 aromatic heterocycles. The van der Waals surface area contributed by atoms with Gasteiger partial charge in [-0.2, -0.15) is 0 Å². The molecule has 2 amide bonds. The molecule has 2 heterocycles. The summed E-state index contributed by atoms with van der Waals surface area (Å²) < 4.78 is 15.0. The van der Waals surface area contributed by atoms with Gasteiger partial charge in [0.15, 0.2) is 0 Å². The number of amides is 2. The van der Waals surface area contributed by atoms with Crippen LogP contribution in [0.2, 0.25) is 10.0 Å². The summed E-state index contributed by atoms with van der Waals surface area (Å²) in [5.74, 6) is -1.27. The average molecular weight is 591 g/mol. The maximum Gasteiger partial charge on any atom is 0.237 e. The number of anilines is 1. The van der Waals surface area contributed by atoms with Gasteiger partial charge in [-0.05, 0) is 85.3 Å². The average Bonchev–Trinajstić information content (AvgIpc) is 3.51. The smallest absolute Gasteiger partial charge is 0.237 e. The van der Waals surface area contributed by atoms with Crippen LogP contribution >= 0.6 is 23.2 Å². The molecular formula is C31H38Cl2FN3O3. The molecular weight excluding hydrogens is 552 g/mol. The van der Waals surface area contributed by atoms with E-state index in [0.29, 0.717) is 35.2 Å². The Morgan fingerprint density at radius 1 is 1.20 bits per heavy atom. The molecule has 6 nitrogen and oxygen atoms in total. The zero-order valence-corrected chi connectivity index (χ0v) is 24.7. The van der Waals surface area contributed by atoms with Crippen molar-refractivity contribution in [3.63, 3.8) is 0 Å². The molecule has 2 aromatic rings. The number of aliphatic hydroxyl groups is 1. The lowest BCUT2D eigenvalue weighted by molar-refractivity contribution is -0.123. The molecule has 4 N–H and O–H groups in total. The fourth-order valence-corrected chi connectivity index (χ4v) is 7.52. The number of carbonyl (C=O) groups is 2. The molecule has 9 heteroatoms. The molecule has 1 spiro atoms. The number of rotatable bonds is 7. The zero-order chi connectivity index (χ0) is 28.8. The summed E-state index contributed by atoms with van der Waals surface area (Å²) in [6.07, 6.45) is 4.78. The minimum absolute atomic E-state index is 0.0715. The Bertz CT molecular complexity index is 1300. The second-order valence-electron chi connectivity index (χ2n) is 12.9. The third-order valence-corrected chi connectivity index (χ3v) is 9.32. The van der Waals surface area contributed by atoms with Crippen molar-refractivity contribution in [2.24, 2.45) is 11.3 Å². The lowest BCUT2D eigenvalue weighted by Gasteiger charge is -2.37. The Balaban J connectivity index is 1.53. The van der Waals surface area contributed by atoms with Crippen molar-refractivity contribution in [1.82, 2.24) is 10.6 Å². The minimum atomic E-state index is -1.26. The molecule has 1 saturated heterocycles.